The van der Waals surface area contributed by atoms with Crippen LogP contribution in [0.5, 0.6) is 0 Å². The first-order valence-electron chi connectivity index (χ1n) is 7.34. The molecule has 114 valence electrons. The summed E-state index contributed by atoms with van der Waals surface area (Å²) in [6.07, 6.45) is 6.90. The number of rotatable bonds is 5. The van der Waals surface area contributed by atoms with Crippen LogP contribution in [0.3, 0.4) is 0 Å². The molecule has 6 heteroatoms. The zero-order valence-corrected chi connectivity index (χ0v) is 13.1. The normalized spacial score (nSPS) is 24.2. The van der Waals surface area contributed by atoms with Crippen LogP contribution in [0.15, 0.2) is 17.2 Å². The average Bonchev–Trinajstić information content (AvgIpc) is 2.96. The first-order chi connectivity index (χ1) is 9.48. The van der Waals surface area contributed by atoms with Crippen LogP contribution in [0.25, 0.3) is 0 Å². The number of H-pyrrole nitrogens is 1. The molecule has 0 aliphatic heterocycles. The van der Waals surface area contributed by atoms with Gasteiger partial charge in [-0.1, -0.05) is 13.3 Å². The highest BCUT2D eigenvalue weighted by Crippen LogP contribution is 2.31. The third-order valence-electron chi connectivity index (χ3n) is 4.52. The van der Waals surface area contributed by atoms with Gasteiger partial charge >= 0.3 is 0 Å². The molecule has 1 aliphatic rings. The maximum absolute atomic E-state index is 12.6. The Hall–Kier alpha value is -0.850. The fourth-order valence-electron chi connectivity index (χ4n) is 2.96. The smallest absolute Gasteiger partial charge is 0.244 e. The minimum absolute atomic E-state index is 0.124. The van der Waals surface area contributed by atoms with E-state index in [1.54, 1.807) is 17.4 Å². The topological polar surface area (TPSA) is 79.2 Å². The number of nitrogens with one attached hydrogen (secondary N) is 1. The Morgan fingerprint density at radius 1 is 1.35 bits per heavy atom. The molecule has 2 rings (SSSR count). The zero-order valence-electron chi connectivity index (χ0n) is 12.3. The minimum Gasteiger partial charge on any atom is -0.363 e. The van der Waals surface area contributed by atoms with Crippen molar-refractivity contribution < 1.29 is 8.42 Å². The molecule has 1 saturated carbocycles. The van der Waals surface area contributed by atoms with Gasteiger partial charge in [-0.25, -0.2) is 8.42 Å². The Morgan fingerprint density at radius 2 is 2.00 bits per heavy atom. The van der Waals surface area contributed by atoms with Crippen molar-refractivity contribution >= 4 is 10.0 Å². The van der Waals surface area contributed by atoms with E-state index in [2.05, 4.69) is 11.9 Å². The van der Waals surface area contributed by atoms with E-state index in [-0.39, 0.29) is 6.04 Å². The molecule has 0 bridgehead atoms. The number of aromatic amines is 1. The number of aromatic nitrogens is 1. The molecular formula is C14H25N3O2S. The Labute approximate surface area is 121 Å². The molecule has 1 heterocycles. The van der Waals surface area contributed by atoms with Gasteiger partial charge in [-0.15, -0.1) is 0 Å². The van der Waals surface area contributed by atoms with Gasteiger partial charge in [0.25, 0.3) is 0 Å². The molecule has 0 unspecified atom stereocenters. The van der Waals surface area contributed by atoms with Gasteiger partial charge in [0.2, 0.25) is 10.0 Å². The van der Waals surface area contributed by atoms with E-state index in [4.69, 9.17) is 5.73 Å². The van der Waals surface area contributed by atoms with Crippen LogP contribution < -0.4 is 5.73 Å². The van der Waals surface area contributed by atoms with Crippen molar-refractivity contribution in [2.45, 2.75) is 56.5 Å². The predicted octanol–water partition coefficient (Wildman–Crippen LogP) is 2.06. The molecule has 1 fully saturated rings. The molecule has 5 nitrogen and oxygen atoms in total. The van der Waals surface area contributed by atoms with Gasteiger partial charge in [0.15, 0.2) is 0 Å². The quantitative estimate of drug-likeness (QED) is 0.873. The molecule has 0 amide bonds. The lowest BCUT2D eigenvalue weighted by atomic mass is 9.85. The molecule has 0 radical (unpaired) electrons. The van der Waals surface area contributed by atoms with Crippen molar-refractivity contribution in [1.82, 2.24) is 9.29 Å². The minimum atomic E-state index is -3.41. The largest absolute Gasteiger partial charge is 0.363 e. The summed E-state index contributed by atoms with van der Waals surface area (Å²) in [5.41, 5.74) is 6.26. The molecule has 1 aromatic rings. The van der Waals surface area contributed by atoms with E-state index >= 15 is 0 Å². The van der Waals surface area contributed by atoms with Gasteiger partial charge in [0.05, 0.1) is 4.90 Å². The molecule has 0 saturated heterocycles. The van der Waals surface area contributed by atoms with Crippen LogP contribution in [-0.4, -0.2) is 30.8 Å². The van der Waals surface area contributed by atoms with Crippen LogP contribution in [0.1, 0.15) is 44.7 Å². The van der Waals surface area contributed by atoms with E-state index in [9.17, 15) is 8.42 Å². The van der Waals surface area contributed by atoms with Crippen molar-refractivity contribution in [3.8, 4) is 0 Å². The summed E-state index contributed by atoms with van der Waals surface area (Å²) in [5.74, 6) is 0.762. The third kappa shape index (κ3) is 3.07. The zero-order chi connectivity index (χ0) is 14.8. The van der Waals surface area contributed by atoms with Crippen LogP contribution >= 0.6 is 0 Å². The van der Waals surface area contributed by atoms with Gasteiger partial charge < -0.3 is 10.7 Å². The van der Waals surface area contributed by atoms with E-state index in [1.165, 1.54) is 12.6 Å². The molecule has 0 spiro atoms. The number of sulfonamides is 1. The summed E-state index contributed by atoms with van der Waals surface area (Å²) in [4.78, 5) is 3.22. The lowest BCUT2D eigenvalue weighted by molar-refractivity contribution is 0.233. The van der Waals surface area contributed by atoms with Gasteiger partial charge in [0.1, 0.15) is 0 Å². The number of nitrogens with zero attached hydrogens (tertiary/aromatic N) is 1. The van der Waals surface area contributed by atoms with E-state index in [0.717, 1.165) is 37.3 Å². The summed E-state index contributed by atoms with van der Waals surface area (Å²) in [6, 6.07) is 1.75. The van der Waals surface area contributed by atoms with E-state index in [1.807, 2.05) is 0 Å². The number of nitrogens with two attached hydrogens (primary N) is 1. The van der Waals surface area contributed by atoms with Crippen LogP contribution in [0, 0.1) is 5.92 Å². The molecular weight excluding hydrogens is 274 g/mol. The lowest BCUT2D eigenvalue weighted by Gasteiger charge is -2.33. The Morgan fingerprint density at radius 3 is 2.50 bits per heavy atom. The van der Waals surface area contributed by atoms with Gasteiger partial charge in [0, 0.05) is 31.5 Å². The molecule has 1 aromatic heterocycles. The Kier molecular flexibility index (Phi) is 4.88. The number of hydrogen-bond acceptors (Lipinski definition) is 3. The van der Waals surface area contributed by atoms with Crippen molar-refractivity contribution in [3.63, 3.8) is 0 Å². The highest BCUT2D eigenvalue weighted by Gasteiger charge is 2.31. The molecule has 1 aliphatic carbocycles. The second-order valence-electron chi connectivity index (χ2n) is 5.67. The first-order valence-corrected chi connectivity index (χ1v) is 8.78. The second kappa shape index (κ2) is 6.28. The fourth-order valence-corrected chi connectivity index (χ4v) is 4.40. The molecule has 0 atom stereocenters. The van der Waals surface area contributed by atoms with Crippen molar-refractivity contribution in [3.05, 3.63) is 18.0 Å². The average molecular weight is 299 g/mol. The summed E-state index contributed by atoms with van der Waals surface area (Å²) < 4.78 is 26.7. The summed E-state index contributed by atoms with van der Waals surface area (Å²) >= 11 is 0. The highest BCUT2D eigenvalue weighted by molar-refractivity contribution is 7.89. The fraction of sp³-hybridized carbons (Fsp3) is 0.714. The summed E-state index contributed by atoms with van der Waals surface area (Å²) in [7, 11) is -1.71. The Balaban J connectivity index is 2.09. The van der Waals surface area contributed by atoms with Crippen LogP contribution in [0.2, 0.25) is 0 Å². The van der Waals surface area contributed by atoms with E-state index in [0.29, 0.717) is 11.4 Å². The lowest BCUT2D eigenvalue weighted by Crippen LogP contribution is -2.39. The molecule has 3 N–H and O–H groups in total. The second-order valence-corrected chi connectivity index (χ2v) is 7.67. The SMILES string of the molecule is CCC1CCC(N(C)S(=O)(=O)c2c[nH]c(CN)c2)CC1. The number of hydrogen-bond donors (Lipinski definition) is 2. The van der Waals surface area contributed by atoms with Gasteiger partial charge in [-0.05, 0) is 37.7 Å². The molecule has 0 aromatic carbocycles. The van der Waals surface area contributed by atoms with Gasteiger partial charge in [-0.3, -0.25) is 0 Å². The van der Waals surface area contributed by atoms with Crippen LogP contribution in [-0.2, 0) is 16.6 Å². The van der Waals surface area contributed by atoms with Crippen molar-refractivity contribution in [1.29, 1.82) is 0 Å². The van der Waals surface area contributed by atoms with E-state index < -0.39 is 10.0 Å². The maximum Gasteiger partial charge on any atom is 0.244 e. The first kappa shape index (κ1) is 15.5. The maximum atomic E-state index is 12.6. The predicted molar refractivity (Wildman–Crippen MR) is 79.7 cm³/mol. The van der Waals surface area contributed by atoms with Crippen molar-refractivity contribution in [2.24, 2.45) is 11.7 Å². The van der Waals surface area contributed by atoms with Crippen LogP contribution in [0.4, 0.5) is 0 Å². The summed E-state index contributed by atoms with van der Waals surface area (Å²) in [6.45, 7) is 2.53. The third-order valence-corrected chi connectivity index (χ3v) is 6.41. The summed E-state index contributed by atoms with van der Waals surface area (Å²) in [5, 5.41) is 0. The Bertz CT molecular complexity index is 530. The highest BCUT2D eigenvalue weighted by atomic mass is 32.2. The standard InChI is InChI=1S/C14H25N3O2S/c1-3-11-4-6-13(7-5-11)17(2)20(18,19)14-8-12(9-15)16-10-14/h8,10-11,13,16H,3-7,9,15H2,1-2H3. The molecule has 20 heavy (non-hydrogen) atoms. The van der Waals surface area contributed by atoms with Gasteiger partial charge in [-0.2, -0.15) is 4.31 Å². The van der Waals surface area contributed by atoms with Crippen molar-refractivity contribution in [2.75, 3.05) is 7.05 Å². The monoisotopic (exact) mass is 299 g/mol.